The molecule has 2 N–H and O–H groups in total. The molecule has 114 valence electrons. The van der Waals surface area contributed by atoms with Crippen molar-refractivity contribution >= 4 is 21.5 Å². The molecular weight excluding hydrogens is 280 g/mol. The number of anilines is 2. The van der Waals surface area contributed by atoms with E-state index in [4.69, 9.17) is 4.74 Å². The van der Waals surface area contributed by atoms with Crippen molar-refractivity contribution in [2.45, 2.75) is 20.0 Å². The summed E-state index contributed by atoms with van der Waals surface area (Å²) in [5.41, 5.74) is 0. The Kier molecular flexibility index (Phi) is 6.66. The maximum atomic E-state index is 11.0. The highest BCUT2D eigenvalue weighted by atomic mass is 32.2. The van der Waals surface area contributed by atoms with Gasteiger partial charge in [0.2, 0.25) is 0 Å². The number of rotatable bonds is 9. The van der Waals surface area contributed by atoms with Crippen LogP contribution in [-0.4, -0.2) is 50.6 Å². The minimum absolute atomic E-state index is 0.163. The quantitative estimate of drug-likeness (QED) is 0.655. The third kappa shape index (κ3) is 6.67. The number of aromatic nitrogens is 2. The summed E-state index contributed by atoms with van der Waals surface area (Å²) in [5, 5.41) is 6.22. The van der Waals surface area contributed by atoms with Crippen molar-refractivity contribution in [1.29, 1.82) is 0 Å². The van der Waals surface area contributed by atoms with Crippen LogP contribution in [0.2, 0.25) is 0 Å². The van der Waals surface area contributed by atoms with E-state index in [0.717, 1.165) is 12.4 Å². The second-order valence-electron chi connectivity index (χ2n) is 4.43. The molecule has 1 rings (SSSR count). The Morgan fingerprint density at radius 3 is 2.45 bits per heavy atom. The fourth-order valence-electron chi connectivity index (χ4n) is 1.60. The Balaban J connectivity index is 2.63. The van der Waals surface area contributed by atoms with Crippen LogP contribution < -0.4 is 10.6 Å². The lowest BCUT2D eigenvalue weighted by atomic mass is 10.4. The van der Waals surface area contributed by atoms with Gasteiger partial charge >= 0.3 is 0 Å². The molecule has 0 atom stereocenters. The molecule has 20 heavy (non-hydrogen) atoms. The van der Waals surface area contributed by atoms with Gasteiger partial charge in [0.15, 0.2) is 5.82 Å². The van der Waals surface area contributed by atoms with Crippen molar-refractivity contribution in [2.24, 2.45) is 0 Å². The predicted octanol–water partition coefficient (Wildman–Crippen LogP) is 0.901. The third-order valence-electron chi connectivity index (χ3n) is 2.40. The zero-order valence-corrected chi connectivity index (χ0v) is 13.0. The van der Waals surface area contributed by atoms with E-state index >= 15 is 0 Å². The molecule has 8 heteroatoms. The van der Waals surface area contributed by atoms with Crippen molar-refractivity contribution in [2.75, 3.05) is 42.8 Å². The van der Waals surface area contributed by atoms with Gasteiger partial charge in [0.05, 0.1) is 5.75 Å². The van der Waals surface area contributed by atoms with Gasteiger partial charge in [-0.3, -0.25) is 0 Å². The first-order valence-electron chi connectivity index (χ1n) is 6.47. The molecule has 1 aromatic rings. The van der Waals surface area contributed by atoms with Gasteiger partial charge in [-0.2, -0.15) is 0 Å². The number of methoxy groups -OCH3 is 1. The van der Waals surface area contributed by atoms with E-state index in [9.17, 15) is 8.42 Å². The van der Waals surface area contributed by atoms with E-state index in [2.05, 4.69) is 20.6 Å². The zero-order chi connectivity index (χ0) is 15.0. The summed E-state index contributed by atoms with van der Waals surface area (Å²) in [6.07, 6.45) is 1.77. The summed E-state index contributed by atoms with van der Waals surface area (Å²) in [6.45, 7) is 3.62. The molecule has 0 saturated carbocycles. The number of hydrogen-bond acceptors (Lipinski definition) is 7. The first-order valence-corrected chi connectivity index (χ1v) is 8.53. The van der Waals surface area contributed by atoms with Gasteiger partial charge in [-0.05, 0) is 13.3 Å². The number of sulfone groups is 1. The molecule has 0 spiro atoms. The molecule has 0 bridgehead atoms. The highest BCUT2D eigenvalue weighted by Crippen LogP contribution is 2.12. The van der Waals surface area contributed by atoms with E-state index in [1.807, 2.05) is 6.92 Å². The fraction of sp³-hybridized carbons (Fsp3) is 0.667. The number of hydrogen-bond donors (Lipinski definition) is 2. The third-order valence-corrected chi connectivity index (χ3v) is 3.43. The summed E-state index contributed by atoms with van der Waals surface area (Å²) >= 11 is 0. The van der Waals surface area contributed by atoms with Crippen molar-refractivity contribution in [3.05, 3.63) is 11.9 Å². The first kappa shape index (κ1) is 16.6. The van der Waals surface area contributed by atoms with Gasteiger partial charge < -0.3 is 15.4 Å². The topological polar surface area (TPSA) is 93.2 Å². The van der Waals surface area contributed by atoms with Crippen LogP contribution in [0, 0.1) is 0 Å². The van der Waals surface area contributed by atoms with Crippen LogP contribution >= 0.6 is 0 Å². The van der Waals surface area contributed by atoms with Gasteiger partial charge in [0.25, 0.3) is 0 Å². The maximum absolute atomic E-state index is 11.0. The average molecular weight is 302 g/mol. The summed E-state index contributed by atoms with van der Waals surface area (Å²) in [7, 11) is -1.33. The molecule has 0 amide bonds. The van der Waals surface area contributed by atoms with Crippen LogP contribution in [0.4, 0.5) is 11.6 Å². The van der Waals surface area contributed by atoms with Crippen molar-refractivity contribution < 1.29 is 13.2 Å². The van der Waals surface area contributed by atoms with E-state index in [1.165, 1.54) is 6.26 Å². The average Bonchev–Trinajstić information content (AvgIpc) is 2.34. The normalized spacial score (nSPS) is 11.3. The highest BCUT2D eigenvalue weighted by Gasteiger charge is 2.05. The molecule has 1 heterocycles. The molecule has 0 fully saturated rings. The van der Waals surface area contributed by atoms with Crippen LogP contribution in [0.15, 0.2) is 6.07 Å². The lowest BCUT2D eigenvalue weighted by molar-refractivity contribution is 0.178. The number of ether oxygens (including phenoxy) is 1. The Morgan fingerprint density at radius 1 is 1.25 bits per heavy atom. The standard InChI is InChI=1S/C12H22N4O3S/c1-4-13-10-8-11(16-12(15-10)9-19-2)14-6-5-7-20(3,17)18/h8H,4-7,9H2,1-3H3,(H2,13,14,15,16). The molecule has 0 radical (unpaired) electrons. The van der Waals surface area contributed by atoms with Crippen LogP contribution in [0.25, 0.3) is 0 Å². The number of nitrogens with zero attached hydrogens (tertiary/aromatic N) is 2. The Hall–Kier alpha value is -1.41. The van der Waals surface area contributed by atoms with Gasteiger partial charge in [-0.15, -0.1) is 0 Å². The monoisotopic (exact) mass is 302 g/mol. The van der Waals surface area contributed by atoms with Gasteiger partial charge in [0, 0.05) is 32.5 Å². The predicted molar refractivity (Wildman–Crippen MR) is 79.7 cm³/mol. The molecular formula is C12H22N4O3S. The Labute approximate surface area is 120 Å². The molecule has 0 aliphatic heterocycles. The number of nitrogens with one attached hydrogen (secondary N) is 2. The second kappa shape index (κ2) is 8.01. The minimum atomic E-state index is -2.92. The summed E-state index contributed by atoms with van der Waals surface area (Å²) in [5.74, 6) is 2.13. The molecule has 0 aliphatic rings. The molecule has 0 unspecified atom stereocenters. The Morgan fingerprint density at radius 2 is 1.90 bits per heavy atom. The van der Waals surface area contributed by atoms with Crippen LogP contribution in [-0.2, 0) is 21.2 Å². The minimum Gasteiger partial charge on any atom is -0.377 e. The molecule has 1 aromatic heterocycles. The van der Waals surface area contributed by atoms with Gasteiger partial charge in [0.1, 0.15) is 28.1 Å². The Bertz CT molecular complexity index is 495. The zero-order valence-electron chi connectivity index (χ0n) is 12.1. The van der Waals surface area contributed by atoms with E-state index < -0.39 is 9.84 Å². The smallest absolute Gasteiger partial charge is 0.158 e. The lowest BCUT2D eigenvalue weighted by Crippen LogP contribution is -2.12. The van der Waals surface area contributed by atoms with Crippen LogP contribution in [0.5, 0.6) is 0 Å². The maximum Gasteiger partial charge on any atom is 0.158 e. The molecule has 0 saturated heterocycles. The van der Waals surface area contributed by atoms with Gasteiger partial charge in [-0.25, -0.2) is 18.4 Å². The van der Waals surface area contributed by atoms with E-state index in [-0.39, 0.29) is 5.75 Å². The fourth-order valence-corrected chi connectivity index (χ4v) is 2.27. The first-order chi connectivity index (χ1) is 9.44. The van der Waals surface area contributed by atoms with Crippen LogP contribution in [0.3, 0.4) is 0 Å². The van der Waals surface area contributed by atoms with Crippen molar-refractivity contribution in [3.63, 3.8) is 0 Å². The van der Waals surface area contributed by atoms with Crippen molar-refractivity contribution in [3.8, 4) is 0 Å². The lowest BCUT2D eigenvalue weighted by Gasteiger charge is -2.10. The van der Waals surface area contributed by atoms with E-state index in [0.29, 0.717) is 31.2 Å². The summed E-state index contributed by atoms with van der Waals surface area (Å²) in [4.78, 5) is 8.60. The molecule has 0 aromatic carbocycles. The second-order valence-corrected chi connectivity index (χ2v) is 6.69. The van der Waals surface area contributed by atoms with Crippen molar-refractivity contribution in [1.82, 2.24) is 9.97 Å². The summed E-state index contributed by atoms with van der Waals surface area (Å²) < 4.78 is 27.1. The highest BCUT2D eigenvalue weighted by molar-refractivity contribution is 7.90. The molecule has 7 nitrogen and oxygen atoms in total. The largest absolute Gasteiger partial charge is 0.377 e. The molecule has 0 aliphatic carbocycles. The summed E-state index contributed by atoms with van der Waals surface area (Å²) in [6, 6.07) is 1.79. The van der Waals surface area contributed by atoms with Crippen LogP contribution in [0.1, 0.15) is 19.2 Å². The SMILES string of the molecule is CCNc1cc(NCCCS(C)(=O)=O)nc(COC)n1. The van der Waals surface area contributed by atoms with Gasteiger partial charge in [-0.1, -0.05) is 0 Å². The van der Waals surface area contributed by atoms with E-state index in [1.54, 1.807) is 13.2 Å².